The molecule has 0 bridgehead atoms. The van der Waals surface area contributed by atoms with Gasteiger partial charge in [-0.2, -0.15) is 0 Å². The van der Waals surface area contributed by atoms with Crippen LogP contribution in [-0.4, -0.2) is 65.5 Å². The molecule has 146 valence electrons. The van der Waals surface area contributed by atoms with E-state index in [4.69, 9.17) is 4.74 Å². The second kappa shape index (κ2) is 7.84. The molecule has 2 aromatic rings. The molecule has 3 amide bonds. The summed E-state index contributed by atoms with van der Waals surface area (Å²) in [5.74, 6) is -0.0361. The molecule has 3 heterocycles. The molecule has 0 radical (unpaired) electrons. The fraction of sp³-hybridized carbons (Fsp3) is 0.350. The predicted octanol–water partition coefficient (Wildman–Crippen LogP) is 2.14. The molecule has 28 heavy (non-hydrogen) atoms. The van der Waals surface area contributed by atoms with E-state index in [2.05, 4.69) is 4.98 Å². The Morgan fingerprint density at radius 2 is 1.96 bits per heavy atom. The average molecular weight is 384 g/mol. The quantitative estimate of drug-likeness (QED) is 0.792. The zero-order valence-corrected chi connectivity index (χ0v) is 15.3. The summed E-state index contributed by atoms with van der Waals surface area (Å²) < 4.78 is 19.8. The van der Waals surface area contributed by atoms with Crippen molar-refractivity contribution in [1.29, 1.82) is 0 Å². The van der Waals surface area contributed by atoms with Gasteiger partial charge in [-0.05, 0) is 18.2 Å². The fourth-order valence-electron chi connectivity index (χ4n) is 3.53. The first-order valence-corrected chi connectivity index (χ1v) is 9.28. The van der Waals surface area contributed by atoms with E-state index in [1.165, 1.54) is 15.9 Å². The van der Waals surface area contributed by atoms with Crippen LogP contribution in [-0.2, 0) is 4.79 Å². The second-order valence-electron chi connectivity index (χ2n) is 6.84. The molecular formula is C20H21FN4O3. The van der Waals surface area contributed by atoms with E-state index in [1.807, 2.05) is 12.1 Å². The third-order valence-electron chi connectivity index (χ3n) is 4.99. The van der Waals surface area contributed by atoms with Crippen LogP contribution in [0.1, 0.15) is 6.42 Å². The van der Waals surface area contributed by atoms with Crippen molar-refractivity contribution >= 4 is 17.6 Å². The standard InChI is InChI=1S/C20H21FN4O3/c21-16-5-1-2-6-17(16)25-12-11-24(20(25)27)14-19(26)23-10-8-15(13-23)28-18-7-3-4-9-22-18/h1-7,9,15H,8,10-14H2. The molecule has 2 aliphatic rings. The van der Waals surface area contributed by atoms with Crippen LogP contribution in [0.5, 0.6) is 5.88 Å². The molecular weight excluding hydrogens is 363 g/mol. The highest BCUT2D eigenvalue weighted by molar-refractivity contribution is 5.96. The number of carbonyl (C=O) groups is 2. The van der Waals surface area contributed by atoms with E-state index < -0.39 is 5.82 Å². The summed E-state index contributed by atoms with van der Waals surface area (Å²) in [6.07, 6.45) is 2.27. The summed E-state index contributed by atoms with van der Waals surface area (Å²) in [4.78, 5) is 33.9. The first-order valence-electron chi connectivity index (χ1n) is 9.28. The summed E-state index contributed by atoms with van der Waals surface area (Å²) in [5, 5.41) is 0. The number of nitrogens with zero attached hydrogens (tertiary/aromatic N) is 4. The Morgan fingerprint density at radius 1 is 1.14 bits per heavy atom. The van der Waals surface area contributed by atoms with Crippen molar-refractivity contribution in [2.45, 2.75) is 12.5 Å². The Bertz CT molecular complexity index is 864. The second-order valence-corrected chi connectivity index (χ2v) is 6.84. The number of hydrogen-bond donors (Lipinski definition) is 0. The number of aromatic nitrogens is 1. The van der Waals surface area contributed by atoms with Crippen LogP contribution in [0.3, 0.4) is 0 Å². The Hall–Kier alpha value is -3.16. The van der Waals surface area contributed by atoms with Crippen molar-refractivity contribution in [3.63, 3.8) is 0 Å². The van der Waals surface area contributed by atoms with Crippen molar-refractivity contribution in [3.05, 3.63) is 54.5 Å². The molecule has 2 saturated heterocycles. The topological polar surface area (TPSA) is 66.0 Å². The number of benzene rings is 1. The van der Waals surface area contributed by atoms with Crippen LogP contribution in [0.2, 0.25) is 0 Å². The highest BCUT2D eigenvalue weighted by Crippen LogP contribution is 2.23. The van der Waals surface area contributed by atoms with Gasteiger partial charge in [0.2, 0.25) is 11.8 Å². The molecule has 0 saturated carbocycles. The minimum atomic E-state index is -0.446. The molecule has 1 unspecified atom stereocenters. The van der Waals surface area contributed by atoms with Gasteiger partial charge in [-0.1, -0.05) is 18.2 Å². The largest absolute Gasteiger partial charge is 0.472 e. The zero-order chi connectivity index (χ0) is 19.5. The number of halogens is 1. The van der Waals surface area contributed by atoms with E-state index in [0.29, 0.717) is 32.1 Å². The lowest BCUT2D eigenvalue weighted by Crippen LogP contribution is -2.42. The van der Waals surface area contributed by atoms with Crippen molar-refractivity contribution in [3.8, 4) is 5.88 Å². The summed E-state index contributed by atoms with van der Waals surface area (Å²) in [7, 11) is 0. The van der Waals surface area contributed by atoms with E-state index in [0.717, 1.165) is 6.42 Å². The van der Waals surface area contributed by atoms with Crippen molar-refractivity contribution in [1.82, 2.24) is 14.8 Å². The summed E-state index contributed by atoms with van der Waals surface area (Å²) in [5.41, 5.74) is 0.243. The number of pyridine rings is 1. The van der Waals surface area contributed by atoms with Crippen LogP contribution >= 0.6 is 0 Å². The van der Waals surface area contributed by atoms with Crippen LogP contribution in [0.4, 0.5) is 14.9 Å². The third kappa shape index (κ3) is 3.76. The van der Waals surface area contributed by atoms with E-state index in [1.54, 1.807) is 35.4 Å². The van der Waals surface area contributed by atoms with Crippen molar-refractivity contribution in [2.24, 2.45) is 0 Å². The maximum Gasteiger partial charge on any atom is 0.325 e. The number of ether oxygens (including phenoxy) is 1. The predicted molar refractivity (Wildman–Crippen MR) is 101 cm³/mol. The highest BCUT2D eigenvalue weighted by Gasteiger charge is 2.35. The molecule has 1 aromatic carbocycles. The minimum Gasteiger partial charge on any atom is -0.472 e. The molecule has 4 rings (SSSR count). The van der Waals surface area contributed by atoms with Gasteiger partial charge in [0.15, 0.2) is 0 Å². The van der Waals surface area contributed by atoms with Gasteiger partial charge in [-0.15, -0.1) is 0 Å². The van der Waals surface area contributed by atoms with Gasteiger partial charge in [0.1, 0.15) is 18.5 Å². The normalized spacial score (nSPS) is 19.4. The maximum absolute atomic E-state index is 14.0. The number of likely N-dealkylation sites (tertiary alicyclic amines) is 1. The van der Waals surface area contributed by atoms with Gasteiger partial charge in [0.25, 0.3) is 0 Å². The number of anilines is 1. The molecule has 1 aromatic heterocycles. The van der Waals surface area contributed by atoms with Gasteiger partial charge in [-0.3, -0.25) is 9.69 Å². The third-order valence-corrected chi connectivity index (χ3v) is 4.99. The Balaban J connectivity index is 1.32. The number of urea groups is 1. The average Bonchev–Trinajstić information content (AvgIpc) is 3.31. The Morgan fingerprint density at radius 3 is 2.75 bits per heavy atom. The number of rotatable bonds is 5. The van der Waals surface area contributed by atoms with Crippen molar-refractivity contribution in [2.75, 3.05) is 37.6 Å². The van der Waals surface area contributed by atoms with Crippen LogP contribution < -0.4 is 9.64 Å². The molecule has 0 spiro atoms. The summed E-state index contributed by atoms with van der Waals surface area (Å²) >= 11 is 0. The van der Waals surface area contributed by atoms with E-state index >= 15 is 0 Å². The lowest BCUT2D eigenvalue weighted by molar-refractivity contribution is -0.130. The summed E-state index contributed by atoms with van der Waals surface area (Å²) in [6, 6.07) is 11.3. The zero-order valence-electron chi connectivity index (χ0n) is 15.3. The van der Waals surface area contributed by atoms with Crippen LogP contribution in [0.15, 0.2) is 48.7 Å². The minimum absolute atomic E-state index is 0.0138. The molecule has 1 atom stereocenters. The lowest BCUT2D eigenvalue weighted by Gasteiger charge is -2.22. The molecule has 8 heteroatoms. The van der Waals surface area contributed by atoms with Gasteiger partial charge < -0.3 is 14.5 Å². The van der Waals surface area contributed by atoms with Gasteiger partial charge in [0, 0.05) is 38.3 Å². The highest BCUT2D eigenvalue weighted by atomic mass is 19.1. The van der Waals surface area contributed by atoms with Gasteiger partial charge in [-0.25, -0.2) is 14.2 Å². The number of carbonyl (C=O) groups excluding carboxylic acids is 2. The lowest BCUT2D eigenvalue weighted by atomic mass is 10.3. The maximum atomic E-state index is 14.0. The smallest absolute Gasteiger partial charge is 0.325 e. The SMILES string of the molecule is O=C(CN1CCN(c2ccccc2F)C1=O)N1CCC(Oc2ccccn2)C1. The van der Waals surface area contributed by atoms with Gasteiger partial charge in [0.05, 0.1) is 12.2 Å². The van der Waals surface area contributed by atoms with Crippen LogP contribution in [0, 0.1) is 5.82 Å². The monoisotopic (exact) mass is 384 g/mol. The molecule has 2 fully saturated rings. The summed E-state index contributed by atoms with van der Waals surface area (Å²) in [6.45, 7) is 1.78. The van der Waals surface area contributed by atoms with E-state index in [9.17, 15) is 14.0 Å². The fourth-order valence-corrected chi connectivity index (χ4v) is 3.53. The molecule has 0 N–H and O–H groups in total. The molecule has 2 aliphatic heterocycles. The molecule has 0 aliphatic carbocycles. The molecule has 7 nitrogen and oxygen atoms in total. The van der Waals surface area contributed by atoms with Crippen LogP contribution in [0.25, 0.3) is 0 Å². The van der Waals surface area contributed by atoms with Crippen molar-refractivity contribution < 1.29 is 18.7 Å². The first-order chi connectivity index (χ1) is 13.6. The first kappa shape index (κ1) is 18.2. The number of para-hydroxylation sites is 1. The Labute approximate surface area is 162 Å². The van der Waals surface area contributed by atoms with Gasteiger partial charge >= 0.3 is 6.03 Å². The number of amides is 3. The number of hydrogen-bond acceptors (Lipinski definition) is 4. The Kier molecular flexibility index (Phi) is 5.10. The van der Waals surface area contributed by atoms with E-state index in [-0.39, 0.29) is 30.3 Å².